The molecule has 0 spiro atoms. The van der Waals surface area contributed by atoms with Crippen LogP contribution in [0, 0.1) is 0 Å². The molecule has 1 N–H and O–H groups in total. The zero-order valence-corrected chi connectivity index (χ0v) is 8.02. The Bertz CT molecular complexity index is 114. The van der Waals surface area contributed by atoms with E-state index in [1.165, 1.54) is 0 Å². The Balaban J connectivity index is 4.08. The second kappa shape index (κ2) is 3.94. The van der Waals surface area contributed by atoms with Gasteiger partial charge < -0.3 is 0 Å². The molecule has 10 heavy (non-hydrogen) atoms. The van der Waals surface area contributed by atoms with Crippen LogP contribution in [0.2, 0.25) is 1.41 Å². The maximum Gasteiger partial charge on any atom is 0.353 e. The molecule has 0 saturated heterocycles. The zero-order valence-electron chi connectivity index (χ0n) is 9.02. The van der Waals surface area contributed by atoms with Crippen molar-refractivity contribution in [1.82, 2.24) is 0 Å². The SMILES string of the molecule is [2H][N+](CC)(CC)C[N+](C)(C)C. The second-order valence-corrected chi connectivity index (χ2v) is 3.74. The lowest BCUT2D eigenvalue weighted by Gasteiger charge is -2.27. The predicted molar refractivity (Wildman–Crippen MR) is 44.9 cm³/mol. The Labute approximate surface area is 66.5 Å². The van der Waals surface area contributed by atoms with Crippen LogP contribution in [-0.2, 0) is 0 Å². The molecule has 0 aliphatic carbocycles. The van der Waals surface area contributed by atoms with Gasteiger partial charge in [-0.25, -0.2) is 0 Å². The molecule has 2 heteroatoms. The number of quaternary nitrogens is 2. The third-order valence-electron chi connectivity index (χ3n) is 1.52. The second-order valence-electron chi connectivity index (χ2n) is 3.74. The van der Waals surface area contributed by atoms with Gasteiger partial charge in [-0.15, -0.1) is 0 Å². The minimum atomic E-state index is 0.420. The van der Waals surface area contributed by atoms with Crippen molar-refractivity contribution in [3.8, 4) is 0 Å². The van der Waals surface area contributed by atoms with Crippen LogP contribution in [0.4, 0.5) is 0 Å². The van der Waals surface area contributed by atoms with E-state index >= 15 is 0 Å². The summed E-state index contributed by atoms with van der Waals surface area (Å²) in [5.41, 5.74) is 0. The van der Waals surface area contributed by atoms with E-state index in [9.17, 15) is 0 Å². The van der Waals surface area contributed by atoms with Crippen LogP contribution in [0.5, 0.6) is 0 Å². The summed E-state index contributed by atoms with van der Waals surface area (Å²) in [7, 11) is 6.40. The molecule has 0 aliphatic heterocycles. The quantitative estimate of drug-likeness (QED) is 0.407. The van der Waals surface area contributed by atoms with Gasteiger partial charge in [0.15, 0.2) is 0 Å². The van der Waals surface area contributed by atoms with Crippen molar-refractivity contribution in [3.05, 3.63) is 0 Å². The Morgan fingerprint density at radius 3 is 1.70 bits per heavy atom. The molecule has 0 aliphatic rings. The van der Waals surface area contributed by atoms with E-state index in [0.717, 1.165) is 24.2 Å². The number of rotatable bonds is 4. The molecular weight excluding hydrogens is 124 g/mol. The first kappa shape index (κ1) is 8.02. The monoisotopic (exact) mass is 147 g/mol. The summed E-state index contributed by atoms with van der Waals surface area (Å²) in [5.74, 6) is 0. The van der Waals surface area contributed by atoms with Gasteiger partial charge in [0, 0.05) is 0 Å². The van der Waals surface area contributed by atoms with Crippen LogP contribution in [0.3, 0.4) is 0 Å². The standard InChI is InChI=1S/C8H21N2/c1-6-9(7-2)8-10(3,4)5/h6-8H2,1-5H3/q+1/p+1/i/hD. The number of nitrogens with zero attached hydrogens (tertiary/aromatic N) is 1. The largest absolute Gasteiger partial charge is 0.353 e. The summed E-state index contributed by atoms with van der Waals surface area (Å²) in [6.07, 6.45) is 0. The van der Waals surface area contributed by atoms with Crippen molar-refractivity contribution in [2.75, 3.05) is 40.9 Å². The van der Waals surface area contributed by atoms with E-state index in [1.807, 2.05) is 0 Å². The highest BCUT2D eigenvalue weighted by molar-refractivity contribution is 4.11. The Hall–Kier alpha value is -0.0800. The molecule has 0 fully saturated rings. The van der Waals surface area contributed by atoms with Gasteiger partial charge >= 0.3 is 1.41 Å². The fraction of sp³-hybridized carbons (Fsp3) is 1.00. The van der Waals surface area contributed by atoms with Gasteiger partial charge in [-0.2, -0.15) is 0 Å². The third kappa shape index (κ3) is 4.77. The first-order chi connectivity index (χ1) is 4.83. The first-order valence-electron chi connectivity index (χ1n) is 4.47. The predicted octanol–water partition coefficient (Wildman–Crippen LogP) is -0.425. The molecule has 62 valence electrons. The van der Waals surface area contributed by atoms with Crippen molar-refractivity contribution in [2.45, 2.75) is 13.8 Å². The van der Waals surface area contributed by atoms with Crippen LogP contribution in [-0.4, -0.2) is 45.4 Å². The topological polar surface area (TPSA) is 4.44 Å². The Kier molecular flexibility index (Phi) is 3.16. The molecule has 0 atom stereocenters. The number of hydrogen-bond donors (Lipinski definition) is 1. The summed E-state index contributed by atoms with van der Waals surface area (Å²) in [5, 5.41) is 0. The summed E-state index contributed by atoms with van der Waals surface area (Å²) in [4.78, 5) is 0.420. The van der Waals surface area contributed by atoms with Crippen LogP contribution < -0.4 is 4.89 Å². The summed E-state index contributed by atoms with van der Waals surface area (Å²) < 4.78 is 8.86. The number of nitrogens with one attached hydrogen (secondary N) is 1. The van der Waals surface area contributed by atoms with Crippen LogP contribution in [0.1, 0.15) is 13.8 Å². The fourth-order valence-electron chi connectivity index (χ4n) is 1.02. The fourth-order valence-corrected chi connectivity index (χ4v) is 1.02. The summed E-state index contributed by atoms with van der Waals surface area (Å²) in [6, 6.07) is 0. The Morgan fingerprint density at radius 1 is 1.20 bits per heavy atom. The average Bonchev–Trinajstić information content (AvgIpc) is 1.84. The van der Waals surface area contributed by atoms with Crippen molar-refractivity contribution >= 4 is 0 Å². The molecule has 0 aromatic carbocycles. The van der Waals surface area contributed by atoms with E-state index in [-0.39, 0.29) is 0 Å². The smallest absolute Gasteiger partial charge is 0.289 e. The maximum absolute atomic E-state index is 8.00. The van der Waals surface area contributed by atoms with Gasteiger partial charge in [0.2, 0.25) is 6.67 Å². The van der Waals surface area contributed by atoms with Gasteiger partial charge in [0.25, 0.3) is 0 Å². The van der Waals surface area contributed by atoms with E-state index in [2.05, 4.69) is 35.0 Å². The normalized spacial score (nSPS) is 15.1. The van der Waals surface area contributed by atoms with Crippen LogP contribution in [0.15, 0.2) is 0 Å². The van der Waals surface area contributed by atoms with E-state index in [1.54, 1.807) is 0 Å². The summed E-state index contributed by atoms with van der Waals surface area (Å²) in [6.45, 7) is 6.82. The van der Waals surface area contributed by atoms with Gasteiger partial charge in [0.1, 0.15) is 0 Å². The van der Waals surface area contributed by atoms with Crippen molar-refractivity contribution in [3.63, 3.8) is 0 Å². The molecule has 0 amide bonds. The van der Waals surface area contributed by atoms with E-state index in [0.29, 0.717) is 4.89 Å². The zero-order chi connectivity index (χ0) is 9.12. The molecule has 0 aromatic rings. The van der Waals surface area contributed by atoms with Gasteiger partial charge in [-0.05, 0) is 13.8 Å². The van der Waals surface area contributed by atoms with E-state index in [4.69, 9.17) is 1.41 Å². The summed E-state index contributed by atoms with van der Waals surface area (Å²) >= 11 is 0. The lowest BCUT2D eigenvalue weighted by Crippen LogP contribution is -3.13. The lowest BCUT2D eigenvalue weighted by atomic mass is 10.5. The van der Waals surface area contributed by atoms with Crippen LogP contribution in [0.25, 0.3) is 0 Å². The maximum atomic E-state index is 8.00. The highest BCUT2D eigenvalue weighted by atomic mass is 15.4. The van der Waals surface area contributed by atoms with Crippen molar-refractivity contribution in [2.24, 2.45) is 0 Å². The number of hydrogen-bond acceptors (Lipinski definition) is 0. The van der Waals surface area contributed by atoms with Gasteiger partial charge in [0.05, 0.1) is 34.2 Å². The molecule has 0 bridgehead atoms. The molecule has 0 unspecified atom stereocenters. The van der Waals surface area contributed by atoms with Crippen molar-refractivity contribution < 1.29 is 10.8 Å². The molecule has 0 aromatic heterocycles. The average molecular weight is 147 g/mol. The highest BCUT2D eigenvalue weighted by Crippen LogP contribution is 1.80. The third-order valence-corrected chi connectivity index (χ3v) is 1.52. The van der Waals surface area contributed by atoms with Crippen LogP contribution >= 0.6 is 0 Å². The molecule has 0 rings (SSSR count). The molecule has 0 saturated carbocycles. The lowest BCUT2D eigenvalue weighted by molar-refractivity contribution is -1.07. The first-order valence-corrected chi connectivity index (χ1v) is 4.02. The molecular formula is C8H22N2+2. The molecule has 0 heterocycles. The van der Waals surface area contributed by atoms with Gasteiger partial charge in [-0.1, -0.05) is 0 Å². The van der Waals surface area contributed by atoms with Gasteiger partial charge in [-0.3, -0.25) is 9.38 Å². The van der Waals surface area contributed by atoms with Crippen molar-refractivity contribution in [1.29, 1.82) is 0 Å². The highest BCUT2D eigenvalue weighted by Gasteiger charge is 2.13. The Morgan fingerprint density at radius 2 is 1.60 bits per heavy atom. The molecule has 2 nitrogen and oxygen atoms in total. The minimum Gasteiger partial charge on any atom is -0.289 e. The molecule has 0 radical (unpaired) electrons. The minimum absolute atomic E-state index is 0.420. The van der Waals surface area contributed by atoms with E-state index < -0.39 is 0 Å².